The summed E-state index contributed by atoms with van der Waals surface area (Å²) < 4.78 is 0. The van der Waals surface area contributed by atoms with Gasteiger partial charge in [0.1, 0.15) is 5.82 Å². The molecule has 0 aliphatic carbocycles. The van der Waals surface area contributed by atoms with Crippen LogP contribution in [0.2, 0.25) is 0 Å². The van der Waals surface area contributed by atoms with Gasteiger partial charge < -0.3 is 10.8 Å². The molecular formula is C13H15N3O. The highest BCUT2D eigenvalue weighted by Gasteiger charge is 2.09. The summed E-state index contributed by atoms with van der Waals surface area (Å²) in [6.07, 6.45) is 3.90. The van der Waals surface area contributed by atoms with Crippen LogP contribution in [0.5, 0.6) is 0 Å². The van der Waals surface area contributed by atoms with E-state index < -0.39 is 6.10 Å². The predicted molar refractivity (Wildman–Crippen MR) is 66.3 cm³/mol. The maximum atomic E-state index is 9.96. The maximum absolute atomic E-state index is 9.96. The van der Waals surface area contributed by atoms with Crippen molar-refractivity contribution in [1.82, 2.24) is 9.97 Å². The molecule has 88 valence electrons. The van der Waals surface area contributed by atoms with Crippen LogP contribution in [-0.2, 0) is 12.8 Å². The fourth-order valence-electron chi connectivity index (χ4n) is 1.71. The molecule has 2 aromatic rings. The molecule has 0 saturated carbocycles. The van der Waals surface area contributed by atoms with E-state index in [1.807, 2.05) is 30.3 Å². The van der Waals surface area contributed by atoms with Crippen molar-refractivity contribution in [2.24, 2.45) is 0 Å². The third-order valence-corrected chi connectivity index (χ3v) is 2.55. The van der Waals surface area contributed by atoms with Gasteiger partial charge in [-0.2, -0.15) is 0 Å². The summed E-state index contributed by atoms with van der Waals surface area (Å²) in [4.78, 5) is 8.17. The molecule has 0 aliphatic rings. The number of aliphatic hydroxyl groups excluding tert-OH is 1. The summed E-state index contributed by atoms with van der Waals surface area (Å²) in [6, 6.07) is 9.36. The van der Waals surface area contributed by atoms with Crippen LogP contribution in [0.1, 0.15) is 11.3 Å². The van der Waals surface area contributed by atoms with Crippen molar-refractivity contribution in [3.8, 4) is 0 Å². The van der Waals surface area contributed by atoms with Gasteiger partial charge in [-0.1, -0.05) is 12.1 Å². The van der Waals surface area contributed by atoms with E-state index >= 15 is 0 Å². The molecule has 2 aromatic heterocycles. The van der Waals surface area contributed by atoms with Crippen molar-refractivity contribution in [3.63, 3.8) is 0 Å². The molecule has 1 unspecified atom stereocenters. The molecule has 0 saturated heterocycles. The molecular weight excluding hydrogens is 214 g/mol. The van der Waals surface area contributed by atoms with Crippen LogP contribution in [0.4, 0.5) is 5.82 Å². The van der Waals surface area contributed by atoms with Gasteiger partial charge in [0, 0.05) is 30.9 Å². The van der Waals surface area contributed by atoms with Crippen LogP contribution in [-0.4, -0.2) is 21.2 Å². The van der Waals surface area contributed by atoms with Gasteiger partial charge >= 0.3 is 0 Å². The molecule has 0 fully saturated rings. The number of anilines is 1. The minimum Gasteiger partial charge on any atom is -0.392 e. The molecule has 0 bridgehead atoms. The summed E-state index contributed by atoms with van der Waals surface area (Å²) in [7, 11) is 0. The van der Waals surface area contributed by atoms with E-state index in [0.717, 1.165) is 11.3 Å². The van der Waals surface area contributed by atoms with Crippen molar-refractivity contribution in [3.05, 3.63) is 54.0 Å². The number of hydrogen-bond donors (Lipinski definition) is 2. The van der Waals surface area contributed by atoms with Gasteiger partial charge in [-0.15, -0.1) is 0 Å². The minimum atomic E-state index is -0.489. The zero-order valence-electron chi connectivity index (χ0n) is 9.45. The minimum absolute atomic E-state index is 0.479. The number of hydrogen-bond acceptors (Lipinski definition) is 4. The van der Waals surface area contributed by atoms with Crippen LogP contribution in [0.3, 0.4) is 0 Å². The van der Waals surface area contributed by atoms with Gasteiger partial charge in [0.25, 0.3) is 0 Å². The van der Waals surface area contributed by atoms with Gasteiger partial charge in [-0.05, 0) is 23.8 Å². The lowest BCUT2D eigenvalue weighted by atomic mass is 10.0. The SMILES string of the molecule is Nc1ncccc1CC(O)Cc1ccccn1. The summed E-state index contributed by atoms with van der Waals surface area (Å²) in [5.74, 6) is 0.479. The third-order valence-electron chi connectivity index (χ3n) is 2.55. The second-order valence-corrected chi connectivity index (χ2v) is 3.93. The van der Waals surface area contributed by atoms with E-state index in [9.17, 15) is 5.11 Å². The first-order chi connectivity index (χ1) is 8.25. The Hall–Kier alpha value is -1.94. The Morgan fingerprint density at radius 1 is 1.06 bits per heavy atom. The van der Waals surface area contributed by atoms with Gasteiger partial charge in [0.05, 0.1) is 6.10 Å². The Balaban J connectivity index is 1.98. The number of nitrogen functional groups attached to an aromatic ring is 1. The van der Waals surface area contributed by atoms with Crippen molar-refractivity contribution in [2.75, 3.05) is 5.73 Å². The van der Waals surface area contributed by atoms with Crippen molar-refractivity contribution in [1.29, 1.82) is 0 Å². The van der Waals surface area contributed by atoms with E-state index in [-0.39, 0.29) is 0 Å². The monoisotopic (exact) mass is 229 g/mol. The average Bonchev–Trinajstić information content (AvgIpc) is 2.33. The second kappa shape index (κ2) is 5.41. The molecule has 2 rings (SSSR count). The zero-order valence-corrected chi connectivity index (χ0v) is 9.45. The lowest BCUT2D eigenvalue weighted by Crippen LogP contribution is -2.16. The Morgan fingerprint density at radius 3 is 2.59 bits per heavy atom. The van der Waals surface area contributed by atoms with Gasteiger partial charge in [-0.3, -0.25) is 4.98 Å². The smallest absolute Gasteiger partial charge is 0.126 e. The van der Waals surface area contributed by atoms with E-state index in [4.69, 9.17) is 5.73 Å². The largest absolute Gasteiger partial charge is 0.392 e. The highest BCUT2D eigenvalue weighted by Crippen LogP contribution is 2.12. The number of nitrogens with two attached hydrogens (primary N) is 1. The van der Waals surface area contributed by atoms with Crippen LogP contribution >= 0.6 is 0 Å². The van der Waals surface area contributed by atoms with Gasteiger partial charge in [-0.25, -0.2) is 4.98 Å². The standard InChI is InChI=1S/C13H15N3O/c14-13-10(4-3-7-16-13)8-12(17)9-11-5-1-2-6-15-11/h1-7,12,17H,8-9H2,(H2,14,16). The molecule has 4 nitrogen and oxygen atoms in total. The molecule has 0 spiro atoms. The van der Waals surface area contributed by atoms with Crippen molar-refractivity contribution < 1.29 is 5.11 Å². The Bertz CT molecular complexity index is 473. The Morgan fingerprint density at radius 2 is 1.88 bits per heavy atom. The molecule has 2 heterocycles. The number of aromatic nitrogens is 2. The first kappa shape index (κ1) is 11.5. The summed E-state index contributed by atoms with van der Waals surface area (Å²) >= 11 is 0. The van der Waals surface area contributed by atoms with Crippen LogP contribution < -0.4 is 5.73 Å². The van der Waals surface area contributed by atoms with Gasteiger partial charge in [0.2, 0.25) is 0 Å². The first-order valence-corrected chi connectivity index (χ1v) is 5.53. The lowest BCUT2D eigenvalue weighted by molar-refractivity contribution is 0.174. The van der Waals surface area contributed by atoms with Crippen LogP contribution in [0.25, 0.3) is 0 Å². The molecule has 0 aliphatic heterocycles. The first-order valence-electron chi connectivity index (χ1n) is 5.53. The third kappa shape index (κ3) is 3.26. The molecule has 0 radical (unpaired) electrons. The second-order valence-electron chi connectivity index (χ2n) is 3.93. The summed E-state index contributed by atoms with van der Waals surface area (Å²) in [5.41, 5.74) is 7.47. The summed E-state index contributed by atoms with van der Waals surface area (Å²) in [5, 5.41) is 9.96. The highest BCUT2D eigenvalue weighted by molar-refractivity contribution is 5.38. The normalized spacial score (nSPS) is 12.3. The Kier molecular flexibility index (Phi) is 3.67. The molecule has 17 heavy (non-hydrogen) atoms. The fourth-order valence-corrected chi connectivity index (χ4v) is 1.71. The molecule has 1 atom stereocenters. The van der Waals surface area contributed by atoms with Crippen LogP contribution in [0, 0.1) is 0 Å². The van der Waals surface area contributed by atoms with E-state index in [2.05, 4.69) is 9.97 Å². The maximum Gasteiger partial charge on any atom is 0.126 e. The lowest BCUT2D eigenvalue weighted by Gasteiger charge is -2.11. The zero-order chi connectivity index (χ0) is 12.1. The molecule has 4 heteroatoms. The molecule has 0 aromatic carbocycles. The van der Waals surface area contributed by atoms with Crippen molar-refractivity contribution >= 4 is 5.82 Å². The number of aliphatic hydroxyl groups is 1. The van der Waals surface area contributed by atoms with E-state index in [0.29, 0.717) is 18.7 Å². The molecule has 3 N–H and O–H groups in total. The topological polar surface area (TPSA) is 72.0 Å². The average molecular weight is 229 g/mol. The quantitative estimate of drug-likeness (QED) is 0.826. The van der Waals surface area contributed by atoms with E-state index in [1.165, 1.54) is 0 Å². The number of pyridine rings is 2. The number of nitrogens with zero attached hydrogens (tertiary/aromatic N) is 2. The highest BCUT2D eigenvalue weighted by atomic mass is 16.3. The van der Waals surface area contributed by atoms with Gasteiger partial charge in [0.15, 0.2) is 0 Å². The van der Waals surface area contributed by atoms with Crippen LogP contribution in [0.15, 0.2) is 42.7 Å². The predicted octanol–water partition coefficient (Wildman–Crippen LogP) is 1.20. The Labute approximate surface area is 100 Å². The van der Waals surface area contributed by atoms with E-state index in [1.54, 1.807) is 12.4 Å². The fraction of sp³-hybridized carbons (Fsp3) is 0.231. The molecule has 0 amide bonds. The van der Waals surface area contributed by atoms with Crippen molar-refractivity contribution in [2.45, 2.75) is 18.9 Å². The number of rotatable bonds is 4. The summed E-state index contributed by atoms with van der Waals surface area (Å²) in [6.45, 7) is 0.